The highest BCUT2D eigenvalue weighted by atomic mass is 16.4. The zero-order chi connectivity index (χ0) is 10.6. The second-order valence-corrected chi connectivity index (χ2v) is 2.54. The maximum atomic E-state index is 10.4. The Hall–Kier alpha value is -2.40. The molecular formula is C9H5N3O2. The van der Waals surface area contributed by atoms with Crippen molar-refractivity contribution in [3.63, 3.8) is 0 Å². The zero-order valence-corrected chi connectivity index (χ0v) is 7.06. The molecule has 14 heavy (non-hydrogen) atoms. The molecule has 0 radical (unpaired) electrons. The summed E-state index contributed by atoms with van der Waals surface area (Å²) < 4.78 is 0. The van der Waals surface area contributed by atoms with Gasteiger partial charge < -0.3 is 5.11 Å². The summed E-state index contributed by atoms with van der Waals surface area (Å²) in [7, 11) is 0. The minimum absolute atomic E-state index is 0.0558. The van der Waals surface area contributed by atoms with Gasteiger partial charge in [0.25, 0.3) is 0 Å². The fourth-order valence-electron chi connectivity index (χ4n) is 0.978. The monoisotopic (exact) mass is 187 g/mol. The molecule has 5 heteroatoms. The van der Waals surface area contributed by atoms with E-state index in [2.05, 4.69) is 4.98 Å². The first kappa shape index (κ1) is 9.69. The van der Waals surface area contributed by atoms with Crippen LogP contribution in [0.5, 0.6) is 0 Å². The number of nitriles is 2. The van der Waals surface area contributed by atoms with Crippen LogP contribution in [0.4, 0.5) is 0 Å². The average molecular weight is 187 g/mol. The number of hydrogen-bond donors (Lipinski definition) is 1. The Labute approximate surface area is 79.9 Å². The highest BCUT2D eigenvalue weighted by molar-refractivity contribution is 5.70. The second-order valence-electron chi connectivity index (χ2n) is 2.54. The van der Waals surface area contributed by atoms with Crippen molar-refractivity contribution in [1.82, 2.24) is 4.98 Å². The number of aliphatic carboxylic acids is 1. The van der Waals surface area contributed by atoms with Crippen molar-refractivity contribution in [2.24, 2.45) is 0 Å². The van der Waals surface area contributed by atoms with Crippen molar-refractivity contribution in [3.8, 4) is 12.1 Å². The third-order valence-electron chi connectivity index (χ3n) is 1.47. The molecule has 1 aromatic heterocycles. The fourth-order valence-corrected chi connectivity index (χ4v) is 0.978. The van der Waals surface area contributed by atoms with Crippen LogP contribution in [0.15, 0.2) is 12.1 Å². The van der Waals surface area contributed by atoms with Crippen LogP contribution < -0.4 is 0 Å². The second kappa shape index (κ2) is 4.01. The molecule has 0 amide bonds. The lowest BCUT2D eigenvalue weighted by Gasteiger charge is -1.97. The lowest BCUT2D eigenvalue weighted by molar-refractivity contribution is -0.136. The normalized spacial score (nSPS) is 8.71. The SMILES string of the molecule is N#Cc1cc(CC(=O)O)cc(C#N)n1. The number of pyridine rings is 1. The van der Waals surface area contributed by atoms with Crippen LogP contribution in [0.3, 0.4) is 0 Å². The Kier molecular flexibility index (Phi) is 2.78. The molecule has 1 rings (SSSR count). The summed E-state index contributed by atoms with van der Waals surface area (Å²) >= 11 is 0. The van der Waals surface area contributed by atoms with Gasteiger partial charge in [0.15, 0.2) is 0 Å². The Morgan fingerprint density at radius 3 is 2.21 bits per heavy atom. The van der Waals surface area contributed by atoms with Crippen molar-refractivity contribution >= 4 is 5.97 Å². The molecular weight excluding hydrogens is 182 g/mol. The minimum Gasteiger partial charge on any atom is -0.481 e. The summed E-state index contributed by atoms with van der Waals surface area (Å²) in [4.78, 5) is 14.0. The molecule has 0 bridgehead atoms. The Morgan fingerprint density at radius 2 is 1.86 bits per heavy atom. The van der Waals surface area contributed by atoms with Gasteiger partial charge in [0, 0.05) is 0 Å². The minimum atomic E-state index is -1.01. The number of hydrogen-bond acceptors (Lipinski definition) is 4. The molecule has 0 aliphatic rings. The molecule has 1 heterocycles. The van der Waals surface area contributed by atoms with Gasteiger partial charge in [-0.3, -0.25) is 4.79 Å². The number of rotatable bonds is 2. The van der Waals surface area contributed by atoms with Crippen LogP contribution in [0, 0.1) is 22.7 Å². The molecule has 0 aromatic carbocycles. The van der Waals surface area contributed by atoms with Crippen molar-refractivity contribution in [1.29, 1.82) is 10.5 Å². The molecule has 0 unspecified atom stereocenters. The third-order valence-corrected chi connectivity index (χ3v) is 1.47. The number of carboxylic acid groups (broad SMARTS) is 1. The zero-order valence-electron chi connectivity index (χ0n) is 7.06. The molecule has 0 saturated carbocycles. The smallest absolute Gasteiger partial charge is 0.307 e. The van der Waals surface area contributed by atoms with Gasteiger partial charge in [-0.2, -0.15) is 10.5 Å². The van der Waals surface area contributed by atoms with E-state index in [0.29, 0.717) is 5.56 Å². The van der Waals surface area contributed by atoms with E-state index in [1.54, 1.807) is 12.1 Å². The Balaban J connectivity index is 3.14. The summed E-state index contributed by atoms with van der Waals surface area (Å²) in [6.07, 6.45) is -0.216. The Morgan fingerprint density at radius 1 is 1.36 bits per heavy atom. The van der Waals surface area contributed by atoms with Gasteiger partial charge in [-0.25, -0.2) is 4.98 Å². The number of carbonyl (C=O) groups is 1. The molecule has 0 fully saturated rings. The summed E-state index contributed by atoms with van der Waals surface area (Å²) in [5, 5.41) is 25.6. The quantitative estimate of drug-likeness (QED) is 0.724. The number of nitrogens with zero attached hydrogens (tertiary/aromatic N) is 3. The van der Waals surface area contributed by atoms with E-state index in [1.807, 2.05) is 0 Å². The summed E-state index contributed by atoms with van der Waals surface area (Å²) in [5.74, 6) is -1.01. The van der Waals surface area contributed by atoms with E-state index in [9.17, 15) is 4.79 Å². The van der Waals surface area contributed by atoms with E-state index in [-0.39, 0.29) is 17.8 Å². The topological polar surface area (TPSA) is 97.8 Å². The average Bonchev–Trinajstić information content (AvgIpc) is 2.16. The van der Waals surface area contributed by atoms with E-state index in [1.165, 1.54) is 12.1 Å². The lowest BCUT2D eigenvalue weighted by Crippen LogP contribution is -2.02. The molecule has 0 aliphatic heterocycles. The third kappa shape index (κ3) is 2.29. The standard InChI is InChI=1S/C9H5N3O2/c10-4-7-1-6(3-9(13)14)2-8(5-11)12-7/h1-2H,3H2,(H,13,14). The van der Waals surface area contributed by atoms with E-state index in [0.717, 1.165) is 0 Å². The van der Waals surface area contributed by atoms with Gasteiger partial charge in [-0.15, -0.1) is 0 Å². The van der Waals surface area contributed by atoms with Gasteiger partial charge in [0.1, 0.15) is 23.5 Å². The first-order valence-corrected chi connectivity index (χ1v) is 3.68. The molecule has 0 aliphatic carbocycles. The van der Waals surface area contributed by atoms with Crippen LogP contribution >= 0.6 is 0 Å². The van der Waals surface area contributed by atoms with Gasteiger partial charge in [-0.1, -0.05) is 0 Å². The molecule has 0 atom stereocenters. The van der Waals surface area contributed by atoms with Crippen molar-refractivity contribution < 1.29 is 9.90 Å². The molecule has 68 valence electrons. The fraction of sp³-hybridized carbons (Fsp3) is 0.111. The largest absolute Gasteiger partial charge is 0.481 e. The Bertz CT molecular complexity index is 422. The van der Waals surface area contributed by atoms with E-state index in [4.69, 9.17) is 15.6 Å². The first-order chi connectivity index (χ1) is 6.65. The van der Waals surface area contributed by atoms with Crippen LogP contribution in [0.25, 0.3) is 0 Å². The van der Waals surface area contributed by atoms with Crippen LogP contribution in [-0.2, 0) is 11.2 Å². The predicted molar refractivity (Wildman–Crippen MR) is 45.0 cm³/mol. The van der Waals surface area contributed by atoms with Gasteiger partial charge in [0.05, 0.1) is 6.42 Å². The highest BCUT2D eigenvalue weighted by Gasteiger charge is 2.05. The highest BCUT2D eigenvalue weighted by Crippen LogP contribution is 2.05. The molecule has 0 saturated heterocycles. The van der Waals surface area contributed by atoms with Crippen LogP contribution in [0.2, 0.25) is 0 Å². The molecule has 0 spiro atoms. The maximum absolute atomic E-state index is 10.4. The van der Waals surface area contributed by atoms with Gasteiger partial charge in [-0.05, 0) is 17.7 Å². The van der Waals surface area contributed by atoms with Crippen LogP contribution in [0.1, 0.15) is 17.0 Å². The maximum Gasteiger partial charge on any atom is 0.307 e. The van der Waals surface area contributed by atoms with E-state index >= 15 is 0 Å². The number of carboxylic acids is 1. The van der Waals surface area contributed by atoms with Crippen LogP contribution in [-0.4, -0.2) is 16.1 Å². The molecule has 1 N–H and O–H groups in total. The van der Waals surface area contributed by atoms with Gasteiger partial charge >= 0.3 is 5.97 Å². The van der Waals surface area contributed by atoms with Gasteiger partial charge in [0.2, 0.25) is 0 Å². The summed E-state index contributed by atoms with van der Waals surface area (Å²) in [5.41, 5.74) is 0.515. The van der Waals surface area contributed by atoms with E-state index < -0.39 is 5.97 Å². The molecule has 5 nitrogen and oxygen atoms in total. The lowest BCUT2D eigenvalue weighted by atomic mass is 10.1. The molecule has 1 aromatic rings. The number of aromatic nitrogens is 1. The predicted octanol–water partition coefficient (Wildman–Crippen LogP) is 0.452. The summed E-state index contributed by atoms with van der Waals surface area (Å²) in [6.45, 7) is 0. The summed E-state index contributed by atoms with van der Waals surface area (Å²) in [6, 6.07) is 6.23. The van der Waals surface area contributed by atoms with Crippen molar-refractivity contribution in [2.45, 2.75) is 6.42 Å². The van der Waals surface area contributed by atoms with Crippen molar-refractivity contribution in [2.75, 3.05) is 0 Å². The van der Waals surface area contributed by atoms with Crippen molar-refractivity contribution in [3.05, 3.63) is 29.1 Å². The first-order valence-electron chi connectivity index (χ1n) is 3.68.